The zero-order valence-corrected chi connectivity index (χ0v) is 9.67. The lowest BCUT2D eigenvalue weighted by molar-refractivity contribution is 0.604. The van der Waals surface area contributed by atoms with Crippen molar-refractivity contribution in [3.8, 4) is 0 Å². The fourth-order valence-corrected chi connectivity index (χ4v) is 3.05. The number of hydrogen-bond donors (Lipinski definition) is 0. The molecule has 0 saturated heterocycles. The lowest BCUT2D eigenvalue weighted by Gasteiger charge is -2.03. The van der Waals surface area contributed by atoms with Crippen molar-refractivity contribution in [3.63, 3.8) is 0 Å². The van der Waals surface area contributed by atoms with Gasteiger partial charge in [0.1, 0.15) is 5.82 Å². The fourth-order valence-electron chi connectivity index (χ4n) is 0.825. The van der Waals surface area contributed by atoms with Gasteiger partial charge in [0.2, 0.25) is 0 Å². The third-order valence-electron chi connectivity index (χ3n) is 1.55. The Bertz CT molecular complexity index is 444. The molecule has 1 rings (SSSR count). The van der Waals surface area contributed by atoms with Gasteiger partial charge in [0.25, 0.3) is 9.05 Å². The molecule has 0 aliphatic carbocycles. The van der Waals surface area contributed by atoms with Gasteiger partial charge in [-0.2, -0.15) is 0 Å². The summed E-state index contributed by atoms with van der Waals surface area (Å²) in [5.74, 6) is -0.476. The Labute approximate surface area is 88.3 Å². The molecule has 2 nitrogen and oxygen atoms in total. The summed E-state index contributed by atoms with van der Waals surface area (Å²) in [5, 5.41) is 0. The molecule has 6 heteroatoms. The Kier molecular flexibility index (Phi) is 2.99. The smallest absolute Gasteiger partial charge is 0.207 e. The third kappa shape index (κ3) is 2.21. The van der Waals surface area contributed by atoms with Gasteiger partial charge in [0.15, 0.2) is 0 Å². The Morgan fingerprint density at radius 1 is 1.46 bits per heavy atom. The SMILES string of the molecule is Cc1c(F)ccc(S(=O)(=O)Cl)c1Br. The van der Waals surface area contributed by atoms with Crippen molar-refractivity contribution in [1.82, 2.24) is 0 Å². The molecule has 0 N–H and O–H groups in total. The van der Waals surface area contributed by atoms with Crippen LogP contribution in [0.4, 0.5) is 4.39 Å². The summed E-state index contributed by atoms with van der Waals surface area (Å²) in [4.78, 5) is -0.118. The number of rotatable bonds is 1. The van der Waals surface area contributed by atoms with Crippen molar-refractivity contribution in [2.45, 2.75) is 11.8 Å². The highest BCUT2D eigenvalue weighted by molar-refractivity contribution is 9.10. The van der Waals surface area contributed by atoms with Crippen molar-refractivity contribution >= 4 is 35.7 Å². The summed E-state index contributed by atoms with van der Waals surface area (Å²) in [7, 11) is 1.29. The second kappa shape index (κ2) is 3.55. The summed E-state index contributed by atoms with van der Waals surface area (Å²) in [6, 6.07) is 2.18. The van der Waals surface area contributed by atoms with Crippen LogP contribution < -0.4 is 0 Å². The molecule has 0 fully saturated rings. The van der Waals surface area contributed by atoms with E-state index < -0.39 is 14.9 Å². The molecule has 72 valence electrons. The van der Waals surface area contributed by atoms with E-state index in [1.54, 1.807) is 0 Å². The summed E-state index contributed by atoms with van der Waals surface area (Å²) in [6.45, 7) is 1.46. The molecule has 0 aliphatic rings. The van der Waals surface area contributed by atoms with E-state index in [1.807, 2.05) is 0 Å². The fraction of sp³-hybridized carbons (Fsp3) is 0.143. The highest BCUT2D eigenvalue weighted by Gasteiger charge is 2.17. The number of hydrogen-bond acceptors (Lipinski definition) is 2. The van der Waals surface area contributed by atoms with Gasteiger partial charge in [-0.05, 0) is 35.0 Å². The van der Waals surface area contributed by atoms with Crippen LogP contribution >= 0.6 is 26.6 Å². The minimum Gasteiger partial charge on any atom is -0.207 e. The average molecular weight is 288 g/mol. The first-order valence-corrected chi connectivity index (χ1v) is 6.33. The van der Waals surface area contributed by atoms with E-state index in [-0.39, 0.29) is 14.9 Å². The van der Waals surface area contributed by atoms with Gasteiger partial charge in [-0.1, -0.05) is 0 Å². The van der Waals surface area contributed by atoms with Crippen LogP contribution in [0.15, 0.2) is 21.5 Å². The molecule has 0 spiro atoms. The van der Waals surface area contributed by atoms with Crippen molar-refractivity contribution in [1.29, 1.82) is 0 Å². The van der Waals surface area contributed by atoms with Crippen LogP contribution in [0.25, 0.3) is 0 Å². The molecule has 0 aliphatic heterocycles. The monoisotopic (exact) mass is 286 g/mol. The molecule has 0 unspecified atom stereocenters. The van der Waals surface area contributed by atoms with Crippen LogP contribution in [0.2, 0.25) is 0 Å². The van der Waals surface area contributed by atoms with Crippen molar-refractivity contribution in [2.75, 3.05) is 0 Å². The van der Waals surface area contributed by atoms with Gasteiger partial charge in [-0.15, -0.1) is 0 Å². The van der Waals surface area contributed by atoms with Gasteiger partial charge in [-0.3, -0.25) is 0 Å². The van der Waals surface area contributed by atoms with Gasteiger partial charge >= 0.3 is 0 Å². The Morgan fingerprint density at radius 3 is 2.46 bits per heavy atom. The van der Waals surface area contributed by atoms with Gasteiger partial charge < -0.3 is 0 Å². The maximum atomic E-state index is 12.9. The summed E-state index contributed by atoms with van der Waals surface area (Å²) in [6.07, 6.45) is 0. The molecule has 0 radical (unpaired) electrons. The molecule has 0 amide bonds. The Morgan fingerprint density at radius 2 is 2.00 bits per heavy atom. The van der Waals surface area contributed by atoms with Crippen LogP contribution in [0.1, 0.15) is 5.56 Å². The second-order valence-electron chi connectivity index (χ2n) is 2.42. The average Bonchev–Trinajstić information content (AvgIpc) is 1.98. The quantitative estimate of drug-likeness (QED) is 0.744. The van der Waals surface area contributed by atoms with Crippen molar-refractivity contribution in [3.05, 3.63) is 28.0 Å². The normalized spacial score (nSPS) is 11.7. The van der Waals surface area contributed by atoms with E-state index in [4.69, 9.17) is 10.7 Å². The molecule has 1 aromatic rings. The van der Waals surface area contributed by atoms with Crippen LogP contribution in [0.5, 0.6) is 0 Å². The maximum Gasteiger partial charge on any atom is 0.262 e. The Balaban J connectivity index is 3.53. The van der Waals surface area contributed by atoms with Crippen molar-refractivity contribution < 1.29 is 12.8 Å². The molecule has 0 saturated carbocycles. The van der Waals surface area contributed by atoms with E-state index in [0.29, 0.717) is 0 Å². The van der Waals surface area contributed by atoms with Crippen LogP contribution in [-0.4, -0.2) is 8.42 Å². The molecule has 0 heterocycles. The predicted octanol–water partition coefficient (Wildman–Crippen LogP) is 2.82. The lowest BCUT2D eigenvalue weighted by atomic mass is 10.2. The molecule has 0 atom stereocenters. The van der Waals surface area contributed by atoms with Crippen LogP contribution in [0, 0.1) is 12.7 Å². The highest BCUT2D eigenvalue weighted by Crippen LogP contribution is 2.29. The molecule has 1 aromatic carbocycles. The summed E-state index contributed by atoms with van der Waals surface area (Å²) < 4.78 is 34.9. The van der Waals surface area contributed by atoms with E-state index >= 15 is 0 Å². The minimum atomic E-state index is -3.81. The van der Waals surface area contributed by atoms with Crippen LogP contribution in [0.3, 0.4) is 0 Å². The first kappa shape index (κ1) is 10.9. The first-order chi connectivity index (χ1) is 5.84. The zero-order valence-electron chi connectivity index (χ0n) is 6.51. The lowest BCUT2D eigenvalue weighted by Crippen LogP contribution is -1.95. The topological polar surface area (TPSA) is 34.1 Å². The predicted molar refractivity (Wildman–Crippen MR) is 51.9 cm³/mol. The molecular weight excluding hydrogens is 282 g/mol. The zero-order chi connectivity index (χ0) is 10.2. The highest BCUT2D eigenvalue weighted by atomic mass is 79.9. The van der Waals surface area contributed by atoms with E-state index in [0.717, 1.165) is 12.1 Å². The summed E-state index contributed by atoms with van der Waals surface area (Å²) in [5.41, 5.74) is 0.224. The number of benzene rings is 1. The molecule has 0 bridgehead atoms. The van der Waals surface area contributed by atoms with Crippen molar-refractivity contribution in [2.24, 2.45) is 0 Å². The first-order valence-electron chi connectivity index (χ1n) is 3.23. The van der Waals surface area contributed by atoms with Gasteiger partial charge in [0, 0.05) is 20.7 Å². The minimum absolute atomic E-state index is 0.118. The summed E-state index contributed by atoms with van der Waals surface area (Å²) >= 11 is 2.96. The second-order valence-corrected chi connectivity index (χ2v) is 5.75. The van der Waals surface area contributed by atoms with E-state index in [1.165, 1.54) is 6.92 Å². The Hall–Kier alpha value is -0.130. The third-order valence-corrected chi connectivity index (χ3v) is 4.20. The molecular formula is C7H5BrClFO2S. The maximum absolute atomic E-state index is 12.9. The van der Waals surface area contributed by atoms with E-state index in [2.05, 4.69) is 15.9 Å². The standard InChI is InChI=1S/C7H5BrClFO2S/c1-4-5(10)2-3-6(7(4)8)13(9,11)12/h2-3H,1H3. The largest absolute Gasteiger partial charge is 0.262 e. The molecule has 13 heavy (non-hydrogen) atoms. The van der Waals surface area contributed by atoms with Gasteiger partial charge in [-0.25, -0.2) is 12.8 Å². The van der Waals surface area contributed by atoms with Gasteiger partial charge in [0.05, 0.1) is 4.90 Å². The number of halogens is 3. The molecule has 0 aromatic heterocycles. The van der Waals surface area contributed by atoms with E-state index in [9.17, 15) is 12.8 Å². The van der Waals surface area contributed by atoms with Crippen LogP contribution in [-0.2, 0) is 9.05 Å².